The number of rotatable bonds is 2. The fourth-order valence-corrected chi connectivity index (χ4v) is 2.63. The highest BCUT2D eigenvalue weighted by molar-refractivity contribution is 5.78. The van der Waals surface area contributed by atoms with Crippen LogP contribution < -0.4 is 0 Å². The fraction of sp³-hybridized carbons (Fsp3) is 0.158. The lowest BCUT2D eigenvalue weighted by atomic mass is 9.89. The van der Waals surface area contributed by atoms with Crippen LogP contribution in [0.4, 0.5) is 26.3 Å². The van der Waals surface area contributed by atoms with E-state index in [1.807, 2.05) is 6.92 Å². The number of hydrogen-bond acceptors (Lipinski definition) is 0. The van der Waals surface area contributed by atoms with Gasteiger partial charge in [-0.25, -0.2) is 8.78 Å². The highest BCUT2D eigenvalue weighted by Crippen LogP contribution is 2.48. The quantitative estimate of drug-likeness (QED) is 0.566. The molecule has 130 valence electrons. The van der Waals surface area contributed by atoms with Crippen molar-refractivity contribution in [2.75, 3.05) is 0 Å². The largest absolute Gasteiger partial charge is 0.339 e. The average Bonchev–Trinajstić information content (AvgIpc) is 2.54. The van der Waals surface area contributed by atoms with E-state index in [4.69, 9.17) is 0 Å². The first-order chi connectivity index (χ1) is 11.6. The number of aryl methyl sites for hydroxylation is 1. The molecule has 0 saturated carbocycles. The highest BCUT2D eigenvalue weighted by atomic mass is 19.3. The zero-order chi connectivity index (χ0) is 18.4. The number of halogens is 6. The van der Waals surface area contributed by atoms with Gasteiger partial charge in [-0.2, -0.15) is 17.6 Å². The van der Waals surface area contributed by atoms with Gasteiger partial charge in [-0.15, -0.1) is 0 Å². The van der Waals surface area contributed by atoms with E-state index in [2.05, 4.69) is 0 Å². The first-order valence-corrected chi connectivity index (χ1v) is 7.36. The molecule has 6 heteroatoms. The molecule has 0 fully saturated rings. The van der Waals surface area contributed by atoms with Gasteiger partial charge in [0, 0.05) is 16.7 Å². The molecule has 2 aromatic carbocycles. The van der Waals surface area contributed by atoms with E-state index in [-0.39, 0.29) is 11.6 Å². The Morgan fingerprint density at radius 1 is 0.760 bits per heavy atom. The lowest BCUT2D eigenvalue weighted by Crippen LogP contribution is -2.41. The van der Waals surface area contributed by atoms with E-state index in [1.165, 1.54) is 0 Å². The Balaban J connectivity index is 2.12. The maximum Gasteiger partial charge on any atom is 0.339 e. The number of allylic oxidation sites excluding steroid dienone is 4. The highest BCUT2D eigenvalue weighted by Gasteiger charge is 2.58. The van der Waals surface area contributed by atoms with E-state index in [1.54, 1.807) is 24.3 Å². The van der Waals surface area contributed by atoms with E-state index in [0.717, 1.165) is 17.7 Å². The van der Waals surface area contributed by atoms with Crippen LogP contribution in [0.3, 0.4) is 0 Å². The summed E-state index contributed by atoms with van der Waals surface area (Å²) in [6.45, 7) is 1.81. The van der Waals surface area contributed by atoms with Gasteiger partial charge in [0.15, 0.2) is 11.6 Å². The van der Waals surface area contributed by atoms with Crippen LogP contribution in [0, 0.1) is 18.6 Å². The van der Waals surface area contributed by atoms with Crippen molar-refractivity contribution in [1.29, 1.82) is 0 Å². The first-order valence-electron chi connectivity index (χ1n) is 7.36. The lowest BCUT2D eigenvalue weighted by molar-refractivity contribution is -0.140. The average molecular weight is 354 g/mol. The van der Waals surface area contributed by atoms with Crippen LogP contribution in [0.25, 0.3) is 16.7 Å². The van der Waals surface area contributed by atoms with Crippen LogP contribution >= 0.6 is 0 Å². The van der Waals surface area contributed by atoms with Crippen LogP contribution in [0.15, 0.2) is 54.6 Å². The van der Waals surface area contributed by atoms with Crippen molar-refractivity contribution in [2.24, 2.45) is 0 Å². The van der Waals surface area contributed by atoms with Gasteiger partial charge in [-0.1, -0.05) is 54.1 Å². The number of hydrogen-bond donors (Lipinski definition) is 0. The molecule has 0 aromatic heterocycles. The van der Waals surface area contributed by atoms with Crippen LogP contribution in [0.5, 0.6) is 0 Å². The number of benzene rings is 2. The summed E-state index contributed by atoms with van der Waals surface area (Å²) < 4.78 is 83.6. The van der Waals surface area contributed by atoms with Gasteiger partial charge >= 0.3 is 11.8 Å². The zero-order valence-corrected chi connectivity index (χ0v) is 13.0. The van der Waals surface area contributed by atoms with Crippen molar-refractivity contribution in [1.82, 2.24) is 0 Å². The summed E-state index contributed by atoms with van der Waals surface area (Å²) in [5.41, 5.74) is -1.03. The smallest absolute Gasteiger partial charge is 0.203 e. The van der Waals surface area contributed by atoms with E-state index in [9.17, 15) is 26.3 Å². The fourth-order valence-electron chi connectivity index (χ4n) is 2.63. The monoisotopic (exact) mass is 354 g/mol. The van der Waals surface area contributed by atoms with Crippen molar-refractivity contribution in [3.8, 4) is 11.1 Å². The van der Waals surface area contributed by atoms with Gasteiger partial charge in [0.1, 0.15) is 0 Å². The molecule has 1 aliphatic carbocycles. The first kappa shape index (κ1) is 17.3. The third kappa shape index (κ3) is 2.75. The SMILES string of the molecule is Cc1ccc(-c2ccc(C3=CC=CC(F)(F)C3(F)F)c(F)c2F)cc1. The predicted octanol–water partition coefficient (Wildman–Crippen LogP) is 6.16. The Hall–Kier alpha value is -2.50. The Kier molecular flexibility index (Phi) is 4.01. The summed E-state index contributed by atoms with van der Waals surface area (Å²) in [7, 11) is 0. The van der Waals surface area contributed by atoms with Gasteiger partial charge in [0.25, 0.3) is 0 Å². The van der Waals surface area contributed by atoms with Crippen molar-refractivity contribution in [3.05, 3.63) is 77.4 Å². The van der Waals surface area contributed by atoms with Gasteiger partial charge in [0.2, 0.25) is 0 Å². The summed E-state index contributed by atoms with van der Waals surface area (Å²) in [5, 5.41) is 0. The molecule has 2 aromatic rings. The maximum atomic E-state index is 14.4. The normalized spacial score (nSPS) is 18.1. The van der Waals surface area contributed by atoms with Crippen molar-refractivity contribution < 1.29 is 26.3 Å². The standard InChI is InChI=1S/C19H12F6/c1-11-4-6-12(7-5-11)13-8-9-14(17(21)16(13)20)15-3-2-10-18(22,23)19(15,24)25/h2-10H,1H3. The Morgan fingerprint density at radius 2 is 1.32 bits per heavy atom. The summed E-state index contributed by atoms with van der Waals surface area (Å²) in [4.78, 5) is 0. The summed E-state index contributed by atoms with van der Waals surface area (Å²) in [6, 6.07) is 8.47. The van der Waals surface area contributed by atoms with Crippen molar-refractivity contribution in [2.45, 2.75) is 18.8 Å². The minimum Gasteiger partial charge on any atom is -0.203 e. The molecule has 0 nitrogen and oxygen atoms in total. The van der Waals surface area contributed by atoms with Gasteiger partial charge in [-0.05, 0) is 18.6 Å². The van der Waals surface area contributed by atoms with E-state index < -0.39 is 34.6 Å². The molecular formula is C19H12F6. The van der Waals surface area contributed by atoms with Gasteiger partial charge in [-0.3, -0.25) is 0 Å². The second-order valence-corrected chi connectivity index (χ2v) is 5.79. The lowest BCUT2D eigenvalue weighted by Gasteiger charge is -2.29. The molecule has 0 N–H and O–H groups in total. The maximum absolute atomic E-state index is 14.4. The van der Waals surface area contributed by atoms with Crippen LogP contribution in [0.2, 0.25) is 0 Å². The van der Waals surface area contributed by atoms with Crippen LogP contribution in [-0.4, -0.2) is 11.8 Å². The van der Waals surface area contributed by atoms with Gasteiger partial charge in [0.05, 0.1) is 0 Å². The molecule has 0 spiro atoms. The minimum atomic E-state index is -4.64. The Bertz CT molecular complexity index is 876. The van der Waals surface area contributed by atoms with E-state index in [0.29, 0.717) is 17.7 Å². The third-order valence-corrected chi connectivity index (χ3v) is 4.06. The molecule has 0 aliphatic heterocycles. The topological polar surface area (TPSA) is 0 Å². The molecular weight excluding hydrogens is 342 g/mol. The van der Waals surface area contributed by atoms with Gasteiger partial charge < -0.3 is 0 Å². The Labute approximate surface area is 140 Å². The summed E-state index contributed by atoms with van der Waals surface area (Å²) in [6.07, 6.45) is 1.41. The minimum absolute atomic E-state index is 0.0332. The van der Waals surface area contributed by atoms with Crippen molar-refractivity contribution in [3.63, 3.8) is 0 Å². The zero-order valence-electron chi connectivity index (χ0n) is 13.0. The molecule has 3 rings (SSSR count). The van der Waals surface area contributed by atoms with E-state index >= 15 is 0 Å². The molecule has 0 heterocycles. The van der Waals surface area contributed by atoms with Crippen LogP contribution in [-0.2, 0) is 0 Å². The second-order valence-electron chi connectivity index (χ2n) is 5.79. The van der Waals surface area contributed by atoms with Crippen molar-refractivity contribution >= 4 is 5.57 Å². The number of alkyl halides is 4. The summed E-state index contributed by atoms with van der Waals surface area (Å²) in [5.74, 6) is -12.1. The molecule has 1 aliphatic rings. The molecule has 0 atom stereocenters. The summed E-state index contributed by atoms with van der Waals surface area (Å²) >= 11 is 0. The molecule has 0 bridgehead atoms. The molecule has 0 radical (unpaired) electrons. The second kappa shape index (κ2) is 5.79. The predicted molar refractivity (Wildman–Crippen MR) is 83.5 cm³/mol. The molecule has 25 heavy (non-hydrogen) atoms. The Morgan fingerprint density at radius 3 is 1.96 bits per heavy atom. The molecule has 0 unspecified atom stereocenters. The molecule has 0 saturated heterocycles. The third-order valence-electron chi connectivity index (χ3n) is 4.06. The molecule has 0 amide bonds. The van der Waals surface area contributed by atoms with Crippen LogP contribution in [0.1, 0.15) is 11.1 Å².